The second kappa shape index (κ2) is 6.20. The molecule has 0 rings (SSSR count). The number of rotatable bonds is 6. The van der Waals surface area contributed by atoms with Crippen molar-refractivity contribution >= 4 is 15.9 Å². The first-order valence-corrected chi connectivity index (χ1v) is 7.10. The lowest BCUT2D eigenvalue weighted by Crippen LogP contribution is -2.46. The summed E-state index contributed by atoms with van der Waals surface area (Å²) < 4.78 is 25.0. The molecule has 0 saturated carbocycles. The summed E-state index contributed by atoms with van der Waals surface area (Å²) in [5.74, 6) is -0.237. The Morgan fingerprint density at radius 1 is 1.25 bits per heavy atom. The Labute approximate surface area is 98.0 Å². The third kappa shape index (κ3) is 8.67. The molecule has 0 aromatic rings. The molecule has 0 fully saturated rings. The Hall–Kier alpha value is -0.620. The van der Waals surface area contributed by atoms with E-state index >= 15 is 0 Å². The zero-order valence-electron chi connectivity index (χ0n) is 10.5. The molecule has 0 aliphatic carbocycles. The maximum Gasteiger partial charge on any atom is 0.235 e. The molecule has 1 amide bonds. The van der Waals surface area contributed by atoms with Gasteiger partial charge in [-0.05, 0) is 27.2 Å². The minimum absolute atomic E-state index is 0.0757. The smallest absolute Gasteiger partial charge is 0.235 e. The second-order valence-corrected chi connectivity index (χ2v) is 6.72. The minimum atomic E-state index is -3.31. The van der Waals surface area contributed by atoms with E-state index in [2.05, 4.69) is 10.0 Å². The number of sulfonamides is 1. The molecule has 0 radical (unpaired) electrons. The highest BCUT2D eigenvalue weighted by molar-refractivity contribution is 7.89. The Morgan fingerprint density at radius 3 is 2.25 bits per heavy atom. The van der Waals surface area contributed by atoms with Gasteiger partial charge >= 0.3 is 0 Å². The maximum absolute atomic E-state index is 11.4. The lowest BCUT2D eigenvalue weighted by atomic mass is 10.1. The van der Waals surface area contributed by atoms with E-state index in [1.165, 1.54) is 0 Å². The third-order valence-corrected chi connectivity index (χ3v) is 3.14. The molecule has 6 heteroatoms. The summed E-state index contributed by atoms with van der Waals surface area (Å²) in [6.07, 6.45) is 1.42. The van der Waals surface area contributed by atoms with Crippen molar-refractivity contribution < 1.29 is 13.2 Å². The summed E-state index contributed by atoms with van der Waals surface area (Å²) in [6.45, 7) is 7.26. The molecule has 0 aliphatic rings. The third-order valence-electron chi connectivity index (χ3n) is 1.73. The summed E-state index contributed by atoms with van der Waals surface area (Å²) in [5, 5.41) is 2.68. The highest BCUT2D eigenvalue weighted by Gasteiger charge is 2.16. The molecule has 0 bridgehead atoms. The van der Waals surface area contributed by atoms with Crippen LogP contribution in [0.15, 0.2) is 0 Å². The number of nitrogens with one attached hydrogen (secondary N) is 2. The highest BCUT2D eigenvalue weighted by Crippen LogP contribution is 1.98. The van der Waals surface area contributed by atoms with Gasteiger partial charge in [-0.1, -0.05) is 13.3 Å². The molecule has 0 aromatic heterocycles. The van der Waals surface area contributed by atoms with Gasteiger partial charge in [-0.3, -0.25) is 4.79 Å². The van der Waals surface area contributed by atoms with E-state index in [1.807, 2.05) is 27.7 Å². The zero-order valence-corrected chi connectivity index (χ0v) is 11.3. The largest absolute Gasteiger partial charge is 0.350 e. The molecule has 0 aromatic carbocycles. The Bertz CT molecular complexity index is 317. The second-order valence-electron chi connectivity index (χ2n) is 4.79. The molecular weight excluding hydrogens is 228 g/mol. The summed E-state index contributed by atoms with van der Waals surface area (Å²) >= 11 is 0. The standard InChI is InChI=1S/C10H22N2O3S/c1-5-6-7-16(14,15)11-8-9(13)12-10(2,3)4/h11H,5-8H2,1-4H3,(H,12,13). The zero-order chi connectivity index (χ0) is 12.8. The highest BCUT2D eigenvalue weighted by atomic mass is 32.2. The van der Waals surface area contributed by atoms with Gasteiger partial charge in [0.25, 0.3) is 0 Å². The Balaban J connectivity index is 4.01. The van der Waals surface area contributed by atoms with Crippen LogP contribution >= 0.6 is 0 Å². The first kappa shape index (κ1) is 15.4. The van der Waals surface area contributed by atoms with Gasteiger partial charge in [0.1, 0.15) is 0 Å². The van der Waals surface area contributed by atoms with Crippen molar-refractivity contribution in [3.63, 3.8) is 0 Å². The number of unbranched alkanes of at least 4 members (excludes halogenated alkanes) is 1. The first-order valence-electron chi connectivity index (χ1n) is 5.44. The van der Waals surface area contributed by atoms with E-state index in [4.69, 9.17) is 0 Å². The Morgan fingerprint density at radius 2 is 1.81 bits per heavy atom. The van der Waals surface area contributed by atoms with Gasteiger partial charge in [0.05, 0.1) is 12.3 Å². The van der Waals surface area contributed by atoms with E-state index in [0.29, 0.717) is 6.42 Å². The minimum Gasteiger partial charge on any atom is -0.350 e. The Kier molecular flexibility index (Phi) is 5.96. The molecule has 16 heavy (non-hydrogen) atoms. The van der Waals surface area contributed by atoms with Crippen LogP contribution in [0.4, 0.5) is 0 Å². The van der Waals surface area contributed by atoms with Crippen LogP contribution in [-0.4, -0.2) is 32.2 Å². The molecule has 0 heterocycles. The van der Waals surface area contributed by atoms with Crippen molar-refractivity contribution in [2.24, 2.45) is 0 Å². The van der Waals surface area contributed by atoms with Crippen molar-refractivity contribution in [2.75, 3.05) is 12.3 Å². The van der Waals surface area contributed by atoms with Crippen molar-refractivity contribution in [3.05, 3.63) is 0 Å². The lowest BCUT2D eigenvalue weighted by molar-refractivity contribution is -0.121. The van der Waals surface area contributed by atoms with Crippen LogP contribution in [0.3, 0.4) is 0 Å². The molecule has 0 spiro atoms. The van der Waals surface area contributed by atoms with Crippen LogP contribution in [-0.2, 0) is 14.8 Å². The number of carbonyl (C=O) groups is 1. The molecule has 0 unspecified atom stereocenters. The maximum atomic E-state index is 11.4. The van der Waals surface area contributed by atoms with Crippen LogP contribution in [0.1, 0.15) is 40.5 Å². The van der Waals surface area contributed by atoms with Gasteiger partial charge in [-0.15, -0.1) is 0 Å². The number of amides is 1. The molecule has 0 aliphatic heterocycles. The van der Waals surface area contributed by atoms with Crippen LogP contribution in [0.2, 0.25) is 0 Å². The summed E-state index contributed by atoms with van der Waals surface area (Å²) in [7, 11) is -3.31. The average Bonchev–Trinajstić information content (AvgIpc) is 2.09. The van der Waals surface area contributed by atoms with Gasteiger partial charge in [0, 0.05) is 5.54 Å². The molecular formula is C10H22N2O3S. The quantitative estimate of drug-likeness (QED) is 0.725. The fourth-order valence-electron chi connectivity index (χ4n) is 1.04. The van der Waals surface area contributed by atoms with Crippen LogP contribution in [0.5, 0.6) is 0 Å². The monoisotopic (exact) mass is 250 g/mol. The average molecular weight is 250 g/mol. The molecule has 5 nitrogen and oxygen atoms in total. The van der Waals surface area contributed by atoms with Crippen molar-refractivity contribution in [1.29, 1.82) is 0 Å². The fraction of sp³-hybridized carbons (Fsp3) is 0.900. The predicted molar refractivity (Wildman–Crippen MR) is 64.6 cm³/mol. The van der Waals surface area contributed by atoms with Crippen molar-refractivity contribution in [1.82, 2.24) is 10.0 Å². The molecule has 0 atom stereocenters. The lowest BCUT2D eigenvalue weighted by Gasteiger charge is -2.20. The fourth-order valence-corrected chi connectivity index (χ4v) is 2.21. The first-order chi connectivity index (χ1) is 7.16. The van der Waals surface area contributed by atoms with Gasteiger partial charge in [0.2, 0.25) is 15.9 Å². The number of carbonyl (C=O) groups excluding carboxylic acids is 1. The van der Waals surface area contributed by atoms with E-state index in [1.54, 1.807) is 0 Å². The molecule has 96 valence electrons. The summed E-state index contributed by atoms with van der Waals surface area (Å²) in [5.41, 5.74) is -0.341. The van der Waals surface area contributed by atoms with Crippen LogP contribution < -0.4 is 10.0 Å². The SMILES string of the molecule is CCCCS(=O)(=O)NCC(=O)NC(C)(C)C. The normalized spacial score (nSPS) is 12.5. The molecule has 2 N–H and O–H groups in total. The molecule has 0 saturated heterocycles. The van der Waals surface area contributed by atoms with Crippen molar-refractivity contribution in [2.45, 2.75) is 46.1 Å². The van der Waals surface area contributed by atoms with Gasteiger partial charge in [0.15, 0.2) is 0 Å². The summed E-state index contributed by atoms with van der Waals surface area (Å²) in [6, 6.07) is 0. The van der Waals surface area contributed by atoms with Crippen LogP contribution in [0.25, 0.3) is 0 Å². The summed E-state index contributed by atoms with van der Waals surface area (Å²) in [4.78, 5) is 11.3. The van der Waals surface area contributed by atoms with Crippen molar-refractivity contribution in [3.8, 4) is 0 Å². The number of hydrogen-bond acceptors (Lipinski definition) is 3. The topological polar surface area (TPSA) is 75.3 Å². The van der Waals surface area contributed by atoms with E-state index in [9.17, 15) is 13.2 Å². The van der Waals surface area contributed by atoms with E-state index in [0.717, 1.165) is 6.42 Å². The van der Waals surface area contributed by atoms with Gasteiger partial charge in [-0.25, -0.2) is 13.1 Å². The number of hydrogen-bond donors (Lipinski definition) is 2. The van der Waals surface area contributed by atoms with E-state index in [-0.39, 0.29) is 23.7 Å². The van der Waals surface area contributed by atoms with Gasteiger partial charge < -0.3 is 5.32 Å². The predicted octanol–water partition coefficient (Wildman–Crippen LogP) is 0.621. The van der Waals surface area contributed by atoms with E-state index < -0.39 is 10.0 Å². The van der Waals surface area contributed by atoms with Gasteiger partial charge in [-0.2, -0.15) is 0 Å². The van der Waals surface area contributed by atoms with Crippen LogP contribution in [0, 0.1) is 0 Å².